The Balaban J connectivity index is 2.14. The summed E-state index contributed by atoms with van der Waals surface area (Å²) in [5.41, 5.74) is 3.03. The van der Waals surface area contributed by atoms with Gasteiger partial charge >= 0.3 is 0 Å². The summed E-state index contributed by atoms with van der Waals surface area (Å²) in [5, 5.41) is 5.97. The first kappa shape index (κ1) is 15.3. The zero-order valence-electron chi connectivity index (χ0n) is 11.7. The lowest BCUT2D eigenvalue weighted by Crippen LogP contribution is -2.14. The fourth-order valence-corrected chi connectivity index (χ4v) is 2.35. The predicted octanol–water partition coefficient (Wildman–Crippen LogP) is 4.00. The topological polar surface area (TPSA) is 54.0 Å². The summed E-state index contributed by atoms with van der Waals surface area (Å²) >= 11 is 3.44. The molecule has 0 fully saturated rings. The monoisotopic (exact) mass is 345 g/mol. The zero-order valence-corrected chi connectivity index (χ0v) is 13.3. The highest BCUT2D eigenvalue weighted by atomic mass is 79.9. The molecule has 1 aromatic carbocycles. The van der Waals surface area contributed by atoms with Crippen LogP contribution < -0.4 is 10.6 Å². The number of rotatable bonds is 5. The second-order valence-electron chi connectivity index (χ2n) is 4.54. The van der Waals surface area contributed by atoms with Crippen molar-refractivity contribution in [3.05, 3.63) is 64.9 Å². The van der Waals surface area contributed by atoms with Crippen LogP contribution in [0, 0.1) is 6.92 Å². The maximum Gasteiger partial charge on any atom is 0.274 e. The minimum Gasteiger partial charge on any atom is -0.381 e. The predicted molar refractivity (Wildman–Crippen MR) is 89.8 cm³/mol. The number of aryl methyl sites for hydroxylation is 1. The zero-order chi connectivity index (χ0) is 15.2. The van der Waals surface area contributed by atoms with Crippen LogP contribution in [0.3, 0.4) is 0 Å². The second kappa shape index (κ2) is 7.04. The van der Waals surface area contributed by atoms with Crippen LogP contribution in [-0.2, 0) is 0 Å². The van der Waals surface area contributed by atoms with Crippen molar-refractivity contribution in [1.82, 2.24) is 4.98 Å². The third kappa shape index (κ3) is 4.16. The van der Waals surface area contributed by atoms with E-state index in [0.29, 0.717) is 12.2 Å². The summed E-state index contributed by atoms with van der Waals surface area (Å²) in [7, 11) is 0. The number of nitrogens with zero attached hydrogens (tertiary/aromatic N) is 1. The Morgan fingerprint density at radius 3 is 2.90 bits per heavy atom. The van der Waals surface area contributed by atoms with Crippen LogP contribution in [0.1, 0.15) is 16.1 Å². The van der Waals surface area contributed by atoms with Crippen molar-refractivity contribution in [2.24, 2.45) is 0 Å². The highest BCUT2D eigenvalue weighted by molar-refractivity contribution is 9.10. The fraction of sp³-hybridized carbons (Fsp3) is 0.125. The lowest BCUT2D eigenvalue weighted by molar-refractivity contribution is 0.102. The maximum absolute atomic E-state index is 12.2. The van der Waals surface area contributed by atoms with Gasteiger partial charge in [-0.25, -0.2) is 0 Å². The van der Waals surface area contributed by atoms with Gasteiger partial charge in [0.05, 0.1) is 5.69 Å². The average Bonchev–Trinajstić information content (AvgIpc) is 2.48. The molecule has 0 aliphatic carbocycles. The number of benzene rings is 1. The van der Waals surface area contributed by atoms with E-state index < -0.39 is 0 Å². The van der Waals surface area contributed by atoms with Crippen molar-refractivity contribution >= 4 is 33.2 Å². The van der Waals surface area contributed by atoms with Gasteiger partial charge < -0.3 is 10.6 Å². The van der Waals surface area contributed by atoms with Crippen molar-refractivity contribution in [3.8, 4) is 0 Å². The molecule has 108 valence electrons. The number of pyridine rings is 1. The first-order chi connectivity index (χ1) is 10.1. The number of carbonyl (C=O) groups is 1. The normalized spacial score (nSPS) is 10.0. The van der Waals surface area contributed by atoms with Crippen LogP contribution in [0.2, 0.25) is 0 Å². The molecule has 2 aromatic rings. The molecule has 2 rings (SSSR count). The van der Waals surface area contributed by atoms with Crippen molar-refractivity contribution in [1.29, 1.82) is 0 Å². The van der Waals surface area contributed by atoms with Crippen LogP contribution >= 0.6 is 15.9 Å². The van der Waals surface area contributed by atoms with Gasteiger partial charge in [-0.15, -0.1) is 6.58 Å². The molecule has 0 saturated heterocycles. The molecule has 21 heavy (non-hydrogen) atoms. The number of anilines is 2. The molecular weight excluding hydrogens is 330 g/mol. The standard InChI is InChI=1S/C16H16BrN3O/c1-3-7-18-12-6-8-19-15(10-12)16(21)20-14-5-4-11(2)9-13(14)17/h3-6,8-10H,1,7H2,2H3,(H,18,19)(H,20,21). The Kier molecular flexibility index (Phi) is 5.11. The van der Waals surface area contributed by atoms with Gasteiger partial charge in [-0.2, -0.15) is 0 Å². The number of carbonyl (C=O) groups excluding carboxylic acids is 1. The Morgan fingerprint density at radius 1 is 1.38 bits per heavy atom. The third-order valence-electron chi connectivity index (χ3n) is 2.82. The van der Waals surface area contributed by atoms with E-state index in [-0.39, 0.29) is 5.91 Å². The van der Waals surface area contributed by atoms with E-state index >= 15 is 0 Å². The molecule has 0 radical (unpaired) electrons. The molecule has 2 N–H and O–H groups in total. The quantitative estimate of drug-likeness (QED) is 0.805. The number of aromatic nitrogens is 1. The van der Waals surface area contributed by atoms with Gasteiger partial charge in [0.25, 0.3) is 5.91 Å². The van der Waals surface area contributed by atoms with E-state index in [1.807, 2.05) is 31.2 Å². The summed E-state index contributed by atoms with van der Waals surface area (Å²) in [6.45, 7) is 6.27. The minimum absolute atomic E-state index is 0.248. The third-order valence-corrected chi connectivity index (χ3v) is 3.47. The first-order valence-electron chi connectivity index (χ1n) is 6.48. The SMILES string of the molecule is C=CCNc1ccnc(C(=O)Nc2ccc(C)cc2Br)c1. The number of halogens is 1. The molecule has 0 saturated carbocycles. The van der Waals surface area contributed by atoms with E-state index in [1.165, 1.54) is 0 Å². The molecule has 1 amide bonds. The van der Waals surface area contributed by atoms with Crippen LogP contribution in [0.5, 0.6) is 0 Å². The first-order valence-corrected chi connectivity index (χ1v) is 7.28. The van der Waals surface area contributed by atoms with Gasteiger partial charge in [-0.1, -0.05) is 12.1 Å². The summed E-state index contributed by atoms with van der Waals surface area (Å²) in [4.78, 5) is 16.3. The molecule has 4 nitrogen and oxygen atoms in total. The van der Waals surface area contributed by atoms with E-state index in [2.05, 4.69) is 38.1 Å². The Morgan fingerprint density at radius 2 is 2.19 bits per heavy atom. The molecule has 0 spiro atoms. The van der Waals surface area contributed by atoms with E-state index in [9.17, 15) is 4.79 Å². The summed E-state index contributed by atoms with van der Waals surface area (Å²) in [6.07, 6.45) is 3.36. The van der Waals surface area contributed by atoms with Crippen molar-refractivity contribution in [2.75, 3.05) is 17.2 Å². The second-order valence-corrected chi connectivity index (χ2v) is 5.39. The highest BCUT2D eigenvalue weighted by Crippen LogP contribution is 2.24. The maximum atomic E-state index is 12.2. The van der Waals surface area contributed by atoms with Gasteiger partial charge in [0, 0.05) is 22.9 Å². The summed E-state index contributed by atoms with van der Waals surface area (Å²) in [6, 6.07) is 9.26. The molecule has 5 heteroatoms. The molecule has 0 bridgehead atoms. The van der Waals surface area contributed by atoms with Gasteiger partial charge in [0.1, 0.15) is 5.69 Å². The summed E-state index contributed by atoms with van der Waals surface area (Å²) in [5.74, 6) is -0.248. The van der Waals surface area contributed by atoms with Crippen LogP contribution in [0.25, 0.3) is 0 Å². The molecule has 1 heterocycles. The molecule has 0 aliphatic rings. The Labute approximate surface area is 132 Å². The van der Waals surface area contributed by atoms with Gasteiger partial charge in [0.15, 0.2) is 0 Å². The minimum atomic E-state index is -0.248. The van der Waals surface area contributed by atoms with Crippen molar-refractivity contribution in [3.63, 3.8) is 0 Å². The molecule has 0 unspecified atom stereocenters. The van der Waals surface area contributed by atoms with Crippen LogP contribution in [0.4, 0.5) is 11.4 Å². The van der Waals surface area contributed by atoms with Gasteiger partial charge in [-0.05, 0) is 52.7 Å². The Bertz CT molecular complexity index is 670. The molecule has 0 aliphatic heterocycles. The number of hydrogen-bond acceptors (Lipinski definition) is 3. The molecular formula is C16H16BrN3O. The number of nitrogens with one attached hydrogen (secondary N) is 2. The summed E-state index contributed by atoms with van der Waals surface area (Å²) < 4.78 is 0.844. The average molecular weight is 346 g/mol. The largest absolute Gasteiger partial charge is 0.381 e. The number of hydrogen-bond donors (Lipinski definition) is 2. The van der Waals surface area contributed by atoms with Crippen molar-refractivity contribution in [2.45, 2.75) is 6.92 Å². The Hall–Kier alpha value is -2.14. The van der Waals surface area contributed by atoms with E-state index in [0.717, 1.165) is 21.4 Å². The van der Waals surface area contributed by atoms with Gasteiger partial charge in [0.2, 0.25) is 0 Å². The lowest BCUT2D eigenvalue weighted by Gasteiger charge is -2.09. The number of amides is 1. The van der Waals surface area contributed by atoms with E-state index in [4.69, 9.17) is 0 Å². The lowest BCUT2D eigenvalue weighted by atomic mass is 10.2. The fourth-order valence-electron chi connectivity index (χ4n) is 1.76. The molecule has 1 aromatic heterocycles. The van der Waals surface area contributed by atoms with Crippen LogP contribution in [-0.4, -0.2) is 17.4 Å². The highest BCUT2D eigenvalue weighted by Gasteiger charge is 2.10. The smallest absolute Gasteiger partial charge is 0.274 e. The van der Waals surface area contributed by atoms with Crippen LogP contribution in [0.15, 0.2) is 53.7 Å². The van der Waals surface area contributed by atoms with E-state index in [1.54, 1.807) is 18.3 Å². The van der Waals surface area contributed by atoms with Crippen molar-refractivity contribution < 1.29 is 4.79 Å². The van der Waals surface area contributed by atoms with Gasteiger partial charge in [-0.3, -0.25) is 9.78 Å². The molecule has 0 atom stereocenters.